The summed E-state index contributed by atoms with van der Waals surface area (Å²) in [6.07, 6.45) is 1.60. The normalized spacial score (nSPS) is 19.7. The summed E-state index contributed by atoms with van der Waals surface area (Å²) in [4.78, 5) is 31.5. The smallest absolute Gasteiger partial charge is 0.412 e. The second-order valence-corrected chi connectivity index (χ2v) is 8.67. The van der Waals surface area contributed by atoms with E-state index in [2.05, 4.69) is 20.5 Å². The number of nitrogens with one attached hydrogen (secondary N) is 2. The van der Waals surface area contributed by atoms with Crippen LogP contribution >= 0.6 is 11.6 Å². The van der Waals surface area contributed by atoms with Gasteiger partial charge in [0.25, 0.3) is 5.91 Å². The van der Waals surface area contributed by atoms with Gasteiger partial charge in [0.15, 0.2) is 17.2 Å². The SMILES string of the molecule is COC=C(c1ccccc1)c1n[nH]c(C(=O)N2CCCC3(C2)OC(=O)Nc2ccc(Cl)c(F)c23)n1. The van der Waals surface area contributed by atoms with Crippen molar-refractivity contribution < 1.29 is 23.5 Å². The van der Waals surface area contributed by atoms with Gasteiger partial charge in [-0.15, -0.1) is 0 Å². The third kappa shape index (κ3) is 4.10. The number of aromatic amines is 1. The van der Waals surface area contributed by atoms with Crippen LogP contribution in [0.15, 0.2) is 48.7 Å². The minimum Gasteiger partial charge on any atom is -0.504 e. The molecule has 1 unspecified atom stereocenters. The summed E-state index contributed by atoms with van der Waals surface area (Å²) in [5.41, 5.74) is 0.451. The first-order chi connectivity index (χ1) is 16.9. The van der Waals surface area contributed by atoms with Gasteiger partial charge in [0.05, 0.1) is 41.8 Å². The van der Waals surface area contributed by atoms with Crippen LogP contribution in [0.5, 0.6) is 0 Å². The van der Waals surface area contributed by atoms with Crippen LogP contribution < -0.4 is 5.32 Å². The predicted octanol–water partition coefficient (Wildman–Crippen LogP) is 4.33. The minimum absolute atomic E-state index is 0.00188. The van der Waals surface area contributed by atoms with Gasteiger partial charge in [0, 0.05) is 6.54 Å². The molecule has 1 saturated heterocycles. The van der Waals surface area contributed by atoms with Crippen molar-refractivity contribution in [2.45, 2.75) is 18.4 Å². The first-order valence-electron chi connectivity index (χ1n) is 10.9. The van der Waals surface area contributed by atoms with Crippen LogP contribution in [-0.2, 0) is 15.1 Å². The number of hydrogen-bond donors (Lipinski definition) is 2. The summed E-state index contributed by atoms with van der Waals surface area (Å²) in [6.45, 7) is 0.317. The largest absolute Gasteiger partial charge is 0.504 e. The van der Waals surface area contributed by atoms with Crippen molar-refractivity contribution in [1.82, 2.24) is 20.1 Å². The number of H-pyrrole nitrogens is 1. The monoisotopic (exact) mass is 497 g/mol. The van der Waals surface area contributed by atoms with Crippen molar-refractivity contribution in [3.63, 3.8) is 0 Å². The standard InChI is InChI=1S/C24H21ClFN5O4/c1-34-12-15(14-6-3-2-4-7-14)20-28-21(30-29-20)22(32)31-11-5-10-24(13-31)18-17(27-23(33)35-24)9-8-16(25)19(18)26/h2-4,6-9,12H,5,10-11,13H2,1H3,(H,27,33)(H,28,29,30). The first-order valence-corrected chi connectivity index (χ1v) is 11.3. The molecule has 1 aromatic heterocycles. The summed E-state index contributed by atoms with van der Waals surface area (Å²) in [5.74, 6) is -0.851. The van der Waals surface area contributed by atoms with E-state index in [0.29, 0.717) is 25.0 Å². The Morgan fingerprint density at radius 1 is 1.29 bits per heavy atom. The number of likely N-dealkylation sites (tertiary alicyclic amines) is 1. The molecule has 0 radical (unpaired) electrons. The Hall–Kier alpha value is -3.92. The van der Waals surface area contributed by atoms with Crippen LogP contribution in [0, 0.1) is 5.82 Å². The van der Waals surface area contributed by atoms with Gasteiger partial charge in [0.2, 0.25) is 5.82 Å². The fourth-order valence-corrected chi connectivity index (χ4v) is 4.72. The van der Waals surface area contributed by atoms with Crippen LogP contribution in [0.3, 0.4) is 0 Å². The van der Waals surface area contributed by atoms with Gasteiger partial charge in [-0.25, -0.2) is 14.2 Å². The molecular formula is C24H21ClFN5O4. The molecular weight excluding hydrogens is 477 g/mol. The van der Waals surface area contributed by atoms with E-state index < -0.39 is 23.4 Å². The quantitative estimate of drug-likeness (QED) is 0.519. The van der Waals surface area contributed by atoms with E-state index in [1.807, 2.05) is 30.3 Å². The van der Waals surface area contributed by atoms with Crippen LogP contribution in [-0.4, -0.2) is 52.3 Å². The van der Waals surface area contributed by atoms with Gasteiger partial charge in [-0.3, -0.25) is 15.2 Å². The van der Waals surface area contributed by atoms with Gasteiger partial charge < -0.3 is 14.4 Å². The third-order valence-corrected chi connectivity index (χ3v) is 6.36. The van der Waals surface area contributed by atoms with Gasteiger partial charge in [-0.2, -0.15) is 5.10 Å². The number of rotatable bonds is 4. The molecule has 5 rings (SSSR count). The summed E-state index contributed by atoms with van der Waals surface area (Å²) in [5, 5.41) is 9.30. The Morgan fingerprint density at radius 2 is 2.09 bits per heavy atom. The number of fused-ring (bicyclic) bond motifs is 2. The van der Waals surface area contributed by atoms with Gasteiger partial charge in [-0.1, -0.05) is 41.9 Å². The topological polar surface area (TPSA) is 109 Å². The lowest BCUT2D eigenvalue weighted by Gasteiger charge is -2.44. The molecule has 3 aromatic rings. The highest BCUT2D eigenvalue weighted by molar-refractivity contribution is 6.31. The lowest BCUT2D eigenvalue weighted by atomic mass is 9.83. The molecule has 180 valence electrons. The molecule has 11 heteroatoms. The lowest BCUT2D eigenvalue weighted by molar-refractivity contribution is -0.0420. The highest BCUT2D eigenvalue weighted by atomic mass is 35.5. The average Bonchev–Trinajstić information content (AvgIpc) is 3.34. The number of methoxy groups -OCH3 is 1. The van der Waals surface area contributed by atoms with Gasteiger partial charge in [-0.05, 0) is 30.5 Å². The van der Waals surface area contributed by atoms with E-state index in [-0.39, 0.29) is 34.5 Å². The van der Waals surface area contributed by atoms with Crippen LogP contribution in [0.2, 0.25) is 5.02 Å². The Kier molecular flexibility index (Phi) is 5.89. The van der Waals surface area contributed by atoms with Crippen molar-refractivity contribution in [1.29, 1.82) is 0 Å². The number of aromatic nitrogens is 3. The molecule has 0 saturated carbocycles. The summed E-state index contributed by atoms with van der Waals surface area (Å²) >= 11 is 6.03. The maximum absolute atomic E-state index is 15.1. The number of carbonyl (C=O) groups is 2. The van der Waals surface area contributed by atoms with Crippen molar-refractivity contribution in [2.75, 3.05) is 25.5 Å². The molecule has 9 nitrogen and oxygen atoms in total. The summed E-state index contributed by atoms with van der Waals surface area (Å²) in [6, 6.07) is 12.3. The Morgan fingerprint density at radius 3 is 2.86 bits per heavy atom. The molecule has 2 aromatic carbocycles. The maximum Gasteiger partial charge on any atom is 0.412 e. The number of piperidine rings is 1. The summed E-state index contributed by atoms with van der Waals surface area (Å²) < 4.78 is 25.9. The Bertz CT molecular complexity index is 1330. The molecule has 35 heavy (non-hydrogen) atoms. The van der Waals surface area contributed by atoms with Gasteiger partial charge in [0.1, 0.15) is 0 Å². The number of carbonyl (C=O) groups excluding carboxylic acids is 2. The predicted molar refractivity (Wildman–Crippen MR) is 125 cm³/mol. The average molecular weight is 498 g/mol. The van der Waals surface area contributed by atoms with E-state index in [4.69, 9.17) is 21.1 Å². The first kappa shape index (κ1) is 22.9. The molecule has 0 bridgehead atoms. The fourth-order valence-electron chi connectivity index (χ4n) is 4.56. The molecule has 1 spiro atoms. The Balaban J connectivity index is 1.45. The van der Waals surface area contributed by atoms with E-state index >= 15 is 4.39 Å². The lowest BCUT2D eigenvalue weighted by Crippen LogP contribution is -2.53. The van der Waals surface area contributed by atoms with Crippen molar-refractivity contribution in [2.24, 2.45) is 0 Å². The van der Waals surface area contributed by atoms with Crippen molar-refractivity contribution in [3.05, 3.63) is 82.3 Å². The number of halogens is 2. The molecule has 0 aliphatic carbocycles. The number of nitrogens with zero attached hydrogens (tertiary/aromatic N) is 3. The molecule has 3 heterocycles. The number of benzene rings is 2. The second kappa shape index (κ2) is 9.03. The molecule has 2 amide bonds. The van der Waals surface area contributed by atoms with E-state index in [1.165, 1.54) is 30.4 Å². The third-order valence-electron chi connectivity index (χ3n) is 6.07. The minimum atomic E-state index is -1.37. The number of anilines is 1. The molecule has 2 aliphatic heterocycles. The fraction of sp³-hybridized carbons (Fsp3) is 0.250. The van der Waals surface area contributed by atoms with Crippen LogP contribution in [0.1, 0.15) is 40.4 Å². The molecule has 1 fully saturated rings. The number of ether oxygens (including phenoxy) is 2. The maximum atomic E-state index is 15.1. The zero-order valence-corrected chi connectivity index (χ0v) is 19.4. The molecule has 2 aliphatic rings. The zero-order valence-electron chi connectivity index (χ0n) is 18.7. The second-order valence-electron chi connectivity index (χ2n) is 8.26. The highest BCUT2D eigenvalue weighted by Crippen LogP contribution is 2.45. The number of amides is 2. The van der Waals surface area contributed by atoms with E-state index in [9.17, 15) is 9.59 Å². The summed E-state index contributed by atoms with van der Waals surface area (Å²) in [7, 11) is 1.51. The van der Waals surface area contributed by atoms with Crippen molar-refractivity contribution in [3.8, 4) is 0 Å². The molecule has 1 atom stereocenters. The number of hydrogen-bond acceptors (Lipinski definition) is 6. The molecule has 2 N–H and O–H groups in total. The van der Waals surface area contributed by atoms with Crippen LogP contribution in [0.25, 0.3) is 5.57 Å². The van der Waals surface area contributed by atoms with Crippen molar-refractivity contribution >= 4 is 34.9 Å². The van der Waals surface area contributed by atoms with E-state index in [1.54, 1.807) is 0 Å². The van der Waals surface area contributed by atoms with Crippen LogP contribution in [0.4, 0.5) is 14.9 Å². The van der Waals surface area contributed by atoms with Gasteiger partial charge >= 0.3 is 6.09 Å². The Labute approximate surface area is 204 Å². The van der Waals surface area contributed by atoms with E-state index in [0.717, 1.165) is 5.56 Å². The zero-order chi connectivity index (χ0) is 24.6. The highest BCUT2D eigenvalue weighted by Gasteiger charge is 2.49.